The summed E-state index contributed by atoms with van der Waals surface area (Å²) in [6.45, 7) is 0.392. The predicted octanol–water partition coefficient (Wildman–Crippen LogP) is 3.49. The van der Waals surface area contributed by atoms with Crippen LogP contribution in [0.25, 0.3) is 11.0 Å². The number of aryl methyl sites for hydroxylation is 2. The molecule has 0 amide bonds. The molecule has 3 rings (SSSR count). The first-order chi connectivity index (χ1) is 12.4. The number of imidazole rings is 1. The number of alkyl halides is 2. The molecule has 0 radical (unpaired) electrons. The first-order valence-corrected chi connectivity index (χ1v) is 9.03. The van der Waals surface area contributed by atoms with Gasteiger partial charge in [-0.2, -0.15) is 13.8 Å². The van der Waals surface area contributed by atoms with Crippen LogP contribution < -0.4 is 9.47 Å². The topological polar surface area (TPSA) is 83.1 Å². The highest BCUT2D eigenvalue weighted by Crippen LogP contribution is 2.32. The summed E-state index contributed by atoms with van der Waals surface area (Å²) < 4.78 is 47.5. The highest BCUT2D eigenvalue weighted by molar-refractivity contribution is 7.90. The Kier molecular flexibility index (Phi) is 5.28. The maximum absolute atomic E-state index is 12.6. The summed E-state index contributed by atoms with van der Waals surface area (Å²) in [4.78, 5) is 11.5. The predicted molar refractivity (Wildman–Crippen MR) is 93.1 cm³/mol. The third-order valence-corrected chi connectivity index (χ3v) is 5.03. The summed E-state index contributed by atoms with van der Waals surface area (Å²) >= 11 is -1.48. The molecule has 138 valence electrons. The molecule has 0 aliphatic heterocycles. The second-order valence-electron chi connectivity index (χ2n) is 5.64. The maximum atomic E-state index is 12.6. The SMILES string of the molecule is COc1ccnc(C[S+]([O-])c2nc3c(C)c(OC(F)F)c(C)cc3[nH]2)c1. The molecule has 0 aliphatic carbocycles. The number of hydrogen-bond acceptors (Lipinski definition) is 5. The van der Waals surface area contributed by atoms with Crippen molar-refractivity contribution in [1.29, 1.82) is 0 Å². The Morgan fingerprint density at radius 2 is 2.08 bits per heavy atom. The zero-order valence-corrected chi connectivity index (χ0v) is 15.2. The number of H-pyrrole nitrogens is 1. The lowest BCUT2D eigenvalue weighted by molar-refractivity contribution is -0.0506. The number of halogens is 2. The van der Waals surface area contributed by atoms with Gasteiger partial charge in [0, 0.05) is 29.0 Å². The van der Waals surface area contributed by atoms with Crippen LogP contribution in [0.15, 0.2) is 29.6 Å². The molecule has 2 heterocycles. The van der Waals surface area contributed by atoms with E-state index in [4.69, 9.17) is 4.74 Å². The van der Waals surface area contributed by atoms with Crippen molar-refractivity contribution in [2.24, 2.45) is 0 Å². The van der Waals surface area contributed by atoms with Gasteiger partial charge < -0.3 is 14.0 Å². The van der Waals surface area contributed by atoms with Crippen molar-refractivity contribution < 1.29 is 22.8 Å². The number of ether oxygens (including phenoxy) is 2. The number of aromatic amines is 1. The van der Waals surface area contributed by atoms with Gasteiger partial charge >= 0.3 is 11.8 Å². The molecule has 3 aromatic rings. The fraction of sp³-hybridized carbons (Fsp3) is 0.294. The van der Waals surface area contributed by atoms with Crippen LogP contribution in [-0.2, 0) is 16.9 Å². The lowest BCUT2D eigenvalue weighted by Crippen LogP contribution is -2.08. The molecule has 0 spiro atoms. The second-order valence-corrected chi connectivity index (χ2v) is 7.01. The molecule has 0 fully saturated rings. The summed E-state index contributed by atoms with van der Waals surface area (Å²) in [6, 6.07) is 5.05. The molecule has 1 atom stereocenters. The number of nitrogens with zero attached hydrogens (tertiary/aromatic N) is 2. The number of pyridine rings is 1. The summed E-state index contributed by atoms with van der Waals surface area (Å²) in [5.74, 6) is 0.859. The van der Waals surface area contributed by atoms with Gasteiger partial charge in [0.2, 0.25) is 0 Å². The maximum Gasteiger partial charge on any atom is 0.387 e. The zero-order valence-electron chi connectivity index (χ0n) is 14.4. The minimum atomic E-state index is -2.92. The minimum Gasteiger partial charge on any atom is -0.609 e. The average molecular weight is 381 g/mol. The Balaban J connectivity index is 1.91. The number of nitrogens with one attached hydrogen (secondary N) is 1. The Hall–Kier alpha value is -2.39. The highest BCUT2D eigenvalue weighted by Gasteiger charge is 2.22. The molecular weight excluding hydrogens is 364 g/mol. The van der Waals surface area contributed by atoms with Gasteiger partial charge in [-0.15, -0.1) is 0 Å². The van der Waals surface area contributed by atoms with Crippen molar-refractivity contribution >= 4 is 22.2 Å². The number of benzene rings is 1. The smallest absolute Gasteiger partial charge is 0.387 e. The van der Waals surface area contributed by atoms with Crippen molar-refractivity contribution in [3.63, 3.8) is 0 Å². The molecule has 0 saturated carbocycles. The van der Waals surface area contributed by atoms with E-state index in [2.05, 4.69) is 19.7 Å². The number of methoxy groups -OCH3 is 1. The molecule has 0 saturated heterocycles. The Morgan fingerprint density at radius 1 is 1.31 bits per heavy atom. The third kappa shape index (κ3) is 3.73. The van der Waals surface area contributed by atoms with E-state index in [1.54, 1.807) is 45.4 Å². The quantitative estimate of drug-likeness (QED) is 0.661. The molecule has 2 aromatic heterocycles. The Bertz CT molecular complexity index is 933. The van der Waals surface area contributed by atoms with Crippen LogP contribution in [0, 0.1) is 13.8 Å². The van der Waals surface area contributed by atoms with Gasteiger partial charge in [0.25, 0.3) is 0 Å². The van der Waals surface area contributed by atoms with Gasteiger partial charge in [0.05, 0.1) is 18.3 Å². The molecule has 1 unspecified atom stereocenters. The van der Waals surface area contributed by atoms with E-state index in [-0.39, 0.29) is 16.7 Å². The minimum absolute atomic E-state index is 0.0887. The van der Waals surface area contributed by atoms with Crippen molar-refractivity contribution in [2.45, 2.75) is 31.4 Å². The van der Waals surface area contributed by atoms with Gasteiger partial charge in [-0.1, -0.05) is 0 Å². The van der Waals surface area contributed by atoms with Crippen LogP contribution in [0.2, 0.25) is 0 Å². The molecule has 6 nitrogen and oxygen atoms in total. The zero-order chi connectivity index (χ0) is 18.8. The third-order valence-electron chi connectivity index (χ3n) is 3.85. The van der Waals surface area contributed by atoms with E-state index >= 15 is 0 Å². The lowest BCUT2D eigenvalue weighted by Gasteiger charge is -2.11. The summed E-state index contributed by atoms with van der Waals surface area (Å²) in [6.07, 6.45) is 1.57. The second kappa shape index (κ2) is 7.46. The average Bonchev–Trinajstić information content (AvgIpc) is 3.03. The van der Waals surface area contributed by atoms with Gasteiger partial charge in [-0.25, -0.2) is 0 Å². The standard InChI is InChI=1S/C17H17F2N3O3S/c1-9-6-13-14(10(2)15(9)25-16(18)19)22-17(21-13)26(23)8-11-7-12(24-3)4-5-20-11/h4-7,16H,8H2,1-3H3,(H,21,22). The van der Waals surface area contributed by atoms with Crippen molar-refractivity contribution in [3.05, 3.63) is 41.2 Å². The van der Waals surface area contributed by atoms with Crippen molar-refractivity contribution in [2.75, 3.05) is 7.11 Å². The van der Waals surface area contributed by atoms with Crippen LogP contribution in [0.5, 0.6) is 11.5 Å². The van der Waals surface area contributed by atoms with Crippen LogP contribution in [-0.4, -0.2) is 33.2 Å². The van der Waals surface area contributed by atoms with E-state index in [0.29, 0.717) is 33.6 Å². The molecule has 26 heavy (non-hydrogen) atoms. The lowest BCUT2D eigenvalue weighted by atomic mass is 10.1. The first-order valence-electron chi connectivity index (χ1n) is 7.71. The van der Waals surface area contributed by atoms with E-state index in [0.717, 1.165) is 0 Å². The van der Waals surface area contributed by atoms with E-state index in [1.807, 2.05) is 0 Å². The molecule has 1 aromatic carbocycles. The number of aromatic nitrogens is 3. The van der Waals surface area contributed by atoms with Gasteiger partial charge in [-0.3, -0.25) is 9.97 Å². The van der Waals surface area contributed by atoms with Crippen molar-refractivity contribution in [3.8, 4) is 11.5 Å². The molecular formula is C17H17F2N3O3S. The van der Waals surface area contributed by atoms with E-state index in [1.165, 1.54) is 0 Å². The van der Waals surface area contributed by atoms with Crippen LogP contribution in [0.4, 0.5) is 8.78 Å². The first kappa shape index (κ1) is 18.4. The van der Waals surface area contributed by atoms with Crippen LogP contribution in [0.3, 0.4) is 0 Å². The number of rotatable bonds is 6. The van der Waals surface area contributed by atoms with Gasteiger partial charge in [0.15, 0.2) is 5.75 Å². The van der Waals surface area contributed by atoms with Crippen LogP contribution >= 0.6 is 0 Å². The summed E-state index contributed by atoms with van der Waals surface area (Å²) in [5, 5.41) is 0.251. The largest absolute Gasteiger partial charge is 0.609 e. The van der Waals surface area contributed by atoms with Crippen LogP contribution in [0.1, 0.15) is 16.8 Å². The Labute approximate surface area is 151 Å². The van der Waals surface area contributed by atoms with E-state index < -0.39 is 17.8 Å². The normalized spacial score (nSPS) is 12.6. The fourth-order valence-electron chi connectivity index (χ4n) is 2.68. The molecule has 9 heteroatoms. The number of fused-ring (bicyclic) bond motifs is 1. The monoisotopic (exact) mass is 381 g/mol. The molecule has 1 N–H and O–H groups in total. The fourth-order valence-corrected chi connectivity index (χ4v) is 3.66. The Morgan fingerprint density at radius 3 is 2.77 bits per heavy atom. The van der Waals surface area contributed by atoms with Gasteiger partial charge in [0.1, 0.15) is 17.0 Å². The van der Waals surface area contributed by atoms with Crippen molar-refractivity contribution in [1.82, 2.24) is 15.0 Å². The van der Waals surface area contributed by atoms with Gasteiger partial charge in [-0.05, 0) is 31.5 Å². The van der Waals surface area contributed by atoms with E-state index in [9.17, 15) is 13.3 Å². The summed E-state index contributed by atoms with van der Waals surface area (Å²) in [7, 11) is 1.54. The summed E-state index contributed by atoms with van der Waals surface area (Å²) in [5.41, 5.74) is 2.68. The highest BCUT2D eigenvalue weighted by atomic mass is 32.2. The molecule has 0 aliphatic rings. The number of hydrogen-bond donors (Lipinski definition) is 1. The molecule has 0 bridgehead atoms.